The van der Waals surface area contributed by atoms with Crippen LogP contribution in [0.3, 0.4) is 0 Å². The lowest BCUT2D eigenvalue weighted by Gasteiger charge is -2.10. The van der Waals surface area contributed by atoms with Crippen LogP contribution in [-0.4, -0.2) is 28.7 Å². The Morgan fingerprint density at radius 1 is 1.31 bits per heavy atom. The van der Waals surface area contributed by atoms with E-state index in [2.05, 4.69) is 0 Å². The summed E-state index contributed by atoms with van der Waals surface area (Å²) in [5, 5.41) is 0.192. The van der Waals surface area contributed by atoms with Gasteiger partial charge in [-0.25, -0.2) is 8.42 Å². The van der Waals surface area contributed by atoms with E-state index < -0.39 is 9.05 Å². The topological polar surface area (TPSA) is 52.6 Å². The molecule has 0 amide bonds. The quantitative estimate of drug-likeness (QED) is 0.615. The van der Waals surface area contributed by atoms with Gasteiger partial charge in [-0.05, 0) is 12.1 Å². The summed E-state index contributed by atoms with van der Waals surface area (Å²) in [6, 6.07) is 4.34. The molecule has 1 rings (SSSR count). The standard InChI is InChI=1S/C9H10Cl2O4S/c1-14-5-6-15-9-7(10)3-2-4-8(9)16(11,12)13/h2-4H,5-6H2,1H3. The maximum absolute atomic E-state index is 11.2. The summed E-state index contributed by atoms with van der Waals surface area (Å²) in [6.07, 6.45) is 0. The van der Waals surface area contributed by atoms with Crippen LogP contribution in [0.1, 0.15) is 0 Å². The van der Waals surface area contributed by atoms with E-state index in [1.807, 2.05) is 0 Å². The molecule has 0 spiro atoms. The van der Waals surface area contributed by atoms with Crippen LogP contribution in [0.5, 0.6) is 5.75 Å². The van der Waals surface area contributed by atoms with Gasteiger partial charge in [0.05, 0.1) is 11.6 Å². The third kappa shape index (κ3) is 3.52. The number of halogens is 2. The molecule has 0 N–H and O–H groups in total. The number of hydrogen-bond acceptors (Lipinski definition) is 4. The SMILES string of the molecule is COCCOc1c(Cl)cccc1S(=O)(=O)Cl. The first kappa shape index (κ1) is 13.6. The normalized spacial score (nSPS) is 11.4. The zero-order valence-corrected chi connectivity index (χ0v) is 10.8. The maximum atomic E-state index is 11.2. The fourth-order valence-electron chi connectivity index (χ4n) is 1.05. The van der Waals surface area contributed by atoms with Gasteiger partial charge in [-0.2, -0.15) is 0 Å². The second-order valence-corrected chi connectivity index (χ2v) is 5.79. The Labute approximate surface area is 103 Å². The minimum atomic E-state index is -3.87. The summed E-state index contributed by atoms with van der Waals surface area (Å²) in [7, 11) is 2.89. The van der Waals surface area contributed by atoms with Gasteiger partial charge in [0.15, 0.2) is 5.75 Å². The predicted molar refractivity (Wildman–Crippen MR) is 61.9 cm³/mol. The number of ether oxygens (including phenoxy) is 2. The Hall–Kier alpha value is -0.490. The highest BCUT2D eigenvalue weighted by Gasteiger charge is 2.19. The summed E-state index contributed by atoms with van der Waals surface area (Å²) in [5.74, 6) is 0.0521. The second-order valence-electron chi connectivity index (χ2n) is 2.85. The lowest BCUT2D eigenvalue weighted by molar-refractivity contribution is 0.145. The molecule has 0 aliphatic carbocycles. The van der Waals surface area contributed by atoms with Gasteiger partial charge in [0.1, 0.15) is 11.5 Å². The minimum Gasteiger partial charge on any atom is -0.488 e. The summed E-state index contributed by atoms with van der Waals surface area (Å²) >= 11 is 5.83. The van der Waals surface area contributed by atoms with Crippen LogP contribution in [0.25, 0.3) is 0 Å². The van der Waals surface area contributed by atoms with E-state index >= 15 is 0 Å². The zero-order chi connectivity index (χ0) is 12.2. The van der Waals surface area contributed by atoms with Crippen molar-refractivity contribution in [3.05, 3.63) is 23.2 Å². The molecule has 1 aromatic carbocycles. The largest absolute Gasteiger partial charge is 0.488 e. The van der Waals surface area contributed by atoms with Crippen LogP contribution in [0.15, 0.2) is 23.1 Å². The van der Waals surface area contributed by atoms with Crippen molar-refractivity contribution in [2.24, 2.45) is 0 Å². The molecule has 0 unspecified atom stereocenters. The number of hydrogen-bond donors (Lipinski definition) is 0. The van der Waals surface area contributed by atoms with Crippen molar-refractivity contribution in [2.45, 2.75) is 4.90 Å². The van der Waals surface area contributed by atoms with Crippen LogP contribution in [0.4, 0.5) is 0 Å². The van der Waals surface area contributed by atoms with Gasteiger partial charge in [0.25, 0.3) is 9.05 Å². The van der Waals surface area contributed by atoms with Gasteiger partial charge < -0.3 is 9.47 Å². The zero-order valence-electron chi connectivity index (χ0n) is 8.44. The Kier molecular flexibility index (Phi) is 4.86. The fourth-order valence-corrected chi connectivity index (χ4v) is 2.33. The van der Waals surface area contributed by atoms with Crippen molar-refractivity contribution in [1.29, 1.82) is 0 Å². The predicted octanol–water partition coefficient (Wildman–Crippen LogP) is 2.29. The van der Waals surface area contributed by atoms with Crippen LogP contribution in [-0.2, 0) is 13.8 Å². The highest BCUT2D eigenvalue weighted by molar-refractivity contribution is 8.13. The molecule has 1 aromatic rings. The van der Waals surface area contributed by atoms with E-state index in [0.29, 0.717) is 6.61 Å². The molecule has 4 nitrogen and oxygen atoms in total. The molecule has 0 aliphatic heterocycles. The van der Waals surface area contributed by atoms with Crippen molar-refractivity contribution in [3.8, 4) is 5.75 Å². The molecule has 0 aromatic heterocycles. The Balaban J connectivity index is 3.05. The number of methoxy groups -OCH3 is 1. The van der Waals surface area contributed by atoms with Gasteiger partial charge in [-0.15, -0.1) is 0 Å². The number of benzene rings is 1. The Morgan fingerprint density at radius 3 is 2.56 bits per heavy atom. The van der Waals surface area contributed by atoms with Gasteiger partial charge in [0.2, 0.25) is 0 Å². The van der Waals surface area contributed by atoms with Crippen molar-refractivity contribution in [2.75, 3.05) is 20.3 Å². The third-order valence-electron chi connectivity index (χ3n) is 1.73. The highest BCUT2D eigenvalue weighted by atomic mass is 35.7. The van der Waals surface area contributed by atoms with Gasteiger partial charge in [0, 0.05) is 17.8 Å². The minimum absolute atomic E-state index is 0.0521. The van der Waals surface area contributed by atoms with E-state index in [1.165, 1.54) is 25.3 Å². The van der Waals surface area contributed by atoms with Crippen LogP contribution in [0, 0.1) is 0 Å². The molecular formula is C9H10Cl2O4S. The smallest absolute Gasteiger partial charge is 0.265 e. The fraction of sp³-hybridized carbons (Fsp3) is 0.333. The number of rotatable bonds is 5. The van der Waals surface area contributed by atoms with Gasteiger partial charge >= 0.3 is 0 Å². The van der Waals surface area contributed by atoms with E-state index in [0.717, 1.165) is 0 Å². The number of para-hydroxylation sites is 1. The first-order valence-electron chi connectivity index (χ1n) is 4.31. The van der Waals surface area contributed by atoms with E-state index in [4.69, 9.17) is 31.8 Å². The van der Waals surface area contributed by atoms with Gasteiger partial charge in [-0.1, -0.05) is 17.7 Å². The molecule has 0 bridgehead atoms. The Bertz CT molecular complexity index is 459. The summed E-state index contributed by atoms with van der Waals surface area (Å²) in [4.78, 5) is -0.141. The summed E-state index contributed by atoms with van der Waals surface area (Å²) in [5.41, 5.74) is 0. The lowest BCUT2D eigenvalue weighted by atomic mass is 10.3. The molecule has 0 aliphatic rings. The summed E-state index contributed by atoms with van der Waals surface area (Å²) < 4.78 is 32.5. The van der Waals surface area contributed by atoms with Crippen LogP contribution >= 0.6 is 22.3 Å². The molecule has 0 saturated carbocycles. The summed E-state index contributed by atoms with van der Waals surface area (Å²) in [6.45, 7) is 0.520. The molecule has 0 fully saturated rings. The second kappa shape index (κ2) is 5.72. The molecule has 0 radical (unpaired) electrons. The molecular weight excluding hydrogens is 275 g/mol. The van der Waals surface area contributed by atoms with Crippen molar-refractivity contribution < 1.29 is 17.9 Å². The van der Waals surface area contributed by atoms with E-state index in [-0.39, 0.29) is 22.3 Å². The monoisotopic (exact) mass is 284 g/mol. The molecule has 0 atom stereocenters. The van der Waals surface area contributed by atoms with Crippen LogP contribution < -0.4 is 4.74 Å². The third-order valence-corrected chi connectivity index (χ3v) is 3.37. The van der Waals surface area contributed by atoms with Gasteiger partial charge in [-0.3, -0.25) is 0 Å². The first-order chi connectivity index (χ1) is 7.46. The first-order valence-corrected chi connectivity index (χ1v) is 7.00. The Morgan fingerprint density at radius 2 is 2.00 bits per heavy atom. The highest BCUT2D eigenvalue weighted by Crippen LogP contribution is 2.33. The molecule has 16 heavy (non-hydrogen) atoms. The molecule has 7 heteroatoms. The van der Waals surface area contributed by atoms with E-state index in [9.17, 15) is 8.42 Å². The molecule has 90 valence electrons. The van der Waals surface area contributed by atoms with Crippen molar-refractivity contribution in [3.63, 3.8) is 0 Å². The van der Waals surface area contributed by atoms with Crippen LogP contribution in [0.2, 0.25) is 5.02 Å². The molecule has 0 saturated heterocycles. The average molecular weight is 285 g/mol. The maximum Gasteiger partial charge on any atom is 0.265 e. The van der Waals surface area contributed by atoms with Crippen molar-refractivity contribution in [1.82, 2.24) is 0 Å². The average Bonchev–Trinajstić information content (AvgIpc) is 2.19. The lowest BCUT2D eigenvalue weighted by Crippen LogP contribution is -2.07. The molecule has 0 heterocycles. The van der Waals surface area contributed by atoms with Crippen molar-refractivity contribution >= 4 is 31.3 Å². The van der Waals surface area contributed by atoms with E-state index in [1.54, 1.807) is 0 Å².